The third-order valence-electron chi connectivity index (χ3n) is 2.69. The minimum Gasteiger partial charge on any atom is -0.394 e. The van der Waals surface area contributed by atoms with E-state index in [1.165, 1.54) is 6.42 Å². The lowest BCUT2D eigenvalue weighted by Gasteiger charge is -2.33. The van der Waals surface area contributed by atoms with E-state index in [0.29, 0.717) is 0 Å². The molecule has 0 aliphatic heterocycles. The first-order valence-corrected chi connectivity index (χ1v) is 5.13. The number of rotatable bonds is 4. The van der Waals surface area contributed by atoms with Crippen LogP contribution in [-0.4, -0.2) is 35.1 Å². The Morgan fingerprint density at radius 2 is 2.00 bits per heavy atom. The fourth-order valence-electron chi connectivity index (χ4n) is 1.76. The maximum absolute atomic E-state index is 9.15. The minimum atomic E-state index is -0.817. The Balaban J connectivity index is 2.41. The van der Waals surface area contributed by atoms with Crippen LogP contribution in [0.2, 0.25) is 0 Å². The number of aliphatic hydroxyl groups excluding tert-OH is 2. The average Bonchev–Trinajstić information content (AvgIpc) is 2.27. The largest absolute Gasteiger partial charge is 0.394 e. The molecule has 0 spiro atoms. The van der Waals surface area contributed by atoms with Crippen LogP contribution in [0.5, 0.6) is 0 Å². The summed E-state index contributed by atoms with van der Waals surface area (Å²) < 4.78 is 5.53. The number of terminal acetylenes is 1. The highest BCUT2D eigenvalue weighted by molar-refractivity contribution is 5.09. The van der Waals surface area contributed by atoms with Crippen molar-refractivity contribution >= 4 is 0 Å². The SMILES string of the molecule is C#CC1(OCC(O)CO)CCCCC1. The summed E-state index contributed by atoms with van der Waals surface area (Å²) in [5.74, 6) is 2.68. The van der Waals surface area contributed by atoms with E-state index in [2.05, 4.69) is 5.92 Å². The minimum absolute atomic E-state index is 0.126. The van der Waals surface area contributed by atoms with Crippen molar-refractivity contribution in [2.75, 3.05) is 13.2 Å². The summed E-state index contributed by atoms with van der Waals surface area (Å²) in [5.41, 5.74) is -0.492. The van der Waals surface area contributed by atoms with Crippen LogP contribution in [0.15, 0.2) is 0 Å². The van der Waals surface area contributed by atoms with Gasteiger partial charge in [-0.1, -0.05) is 12.3 Å². The van der Waals surface area contributed by atoms with Crippen molar-refractivity contribution < 1.29 is 14.9 Å². The van der Waals surface area contributed by atoms with Crippen LogP contribution in [0.4, 0.5) is 0 Å². The zero-order valence-corrected chi connectivity index (χ0v) is 8.41. The standard InChI is InChI=1S/C11H18O3/c1-2-11(6-4-3-5-7-11)14-9-10(13)8-12/h1,10,12-13H,3-9H2. The summed E-state index contributed by atoms with van der Waals surface area (Å²) in [6, 6.07) is 0. The molecule has 0 amide bonds. The van der Waals surface area contributed by atoms with Gasteiger partial charge in [-0.2, -0.15) is 0 Å². The molecule has 0 radical (unpaired) electrons. The van der Waals surface area contributed by atoms with Crippen LogP contribution in [0.25, 0.3) is 0 Å². The number of aliphatic hydroxyl groups is 2. The molecular formula is C11H18O3. The van der Waals surface area contributed by atoms with Gasteiger partial charge in [0, 0.05) is 0 Å². The molecule has 1 aliphatic rings. The molecular weight excluding hydrogens is 180 g/mol. The molecule has 0 aromatic heterocycles. The number of hydrogen-bond donors (Lipinski definition) is 2. The number of ether oxygens (including phenoxy) is 1. The monoisotopic (exact) mass is 198 g/mol. The van der Waals surface area contributed by atoms with E-state index in [1.54, 1.807) is 0 Å². The van der Waals surface area contributed by atoms with Crippen LogP contribution < -0.4 is 0 Å². The van der Waals surface area contributed by atoms with Crippen molar-refractivity contribution in [1.29, 1.82) is 0 Å². The van der Waals surface area contributed by atoms with Gasteiger partial charge in [0.25, 0.3) is 0 Å². The van der Waals surface area contributed by atoms with Crippen molar-refractivity contribution in [2.24, 2.45) is 0 Å². The summed E-state index contributed by atoms with van der Waals surface area (Å²) in [5, 5.41) is 17.8. The Bertz CT molecular complexity index is 201. The summed E-state index contributed by atoms with van der Waals surface area (Å²) in [4.78, 5) is 0. The molecule has 1 fully saturated rings. The third-order valence-corrected chi connectivity index (χ3v) is 2.69. The van der Waals surface area contributed by atoms with Gasteiger partial charge in [-0.15, -0.1) is 6.42 Å². The topological polar surface area (TPSA) is 49.7 Å². The predicted octanol–water partition coefficient (Wildman–Crippen LogP) is 0.692. The Morgan fingerprint density at radius 1 is 1.36 bits per heavy atom. The Morgan fingerprint density at radius 3 is 2.50 bits per heavy atom. The molecule has 1 unspecified atom stereocenters. The van der Waals surface area contributed by atoms with Gasteiger partial charge >= 0.3 is 0 Å². The second kappa shape index (κ2) is 5.35. The van der Waals surface area contributed by atoms with Crippen LogP contribution >= 0.6 is 0 Å². The van der Waals surface area contributed by atoms with E-state index in [-0.39, 0.29) is 13.2 Å². The van der Waals surface area contributed by atoms with Crippen LogP contribution in [0.1, 0.15) is 32.1 Å². The molecule has 0 saturated heterocycles. The lowest BCUT2D eigenvalue weighted by atomic mass is 9.85. The van der Waals surface area contributed by atoms with E-state index in [1.807, 2.05) is 0 Å². The fraction of sp³-hybridized carbons (Fsp3) is 0.818. The highest BCUT2D eigenvalue weighted by atomic mass is 16.5. The van der Waals surface area contributed by atoms with Gasteiger partial charge in [-0.25, -0.2) is 0 Å². The van der Waals surface area contributed by atoms with Gasteiger partial charge < -0.3 is 14.9 Å². The molecule has 1 saturated carbocycles. The maximum atomic E-state index is 9.15. The Hall–Kier alpha value is -0.560. The normalized spacial score (nSPS) is 22.6. The fourth-order valence-corrected chi connectivity index (χ4v) is 1.76. The average molecular weight is 198 g/mol. The molecule has 0 heterocycles. The van der Waals surface area contributed by atoms with E-state index in [4.69, 9.17) is 21.4 Å². The smallest absolute Gasteiger partial charge is 0.128 e. The molecule has 3 heteroatoms. The van der Waals surface area contributed by atoms with E-state index < -0.39 is 11.7 Å². The summed E-state index contributed by atoms with van der Waals surface area (Å²) >= 11 is 0. The van der Waals surface area contributed by atoms with Crippen LogP contribution in [-0.2, 0) is 4.74 Å². The predicted molar refractivity (Wildman–Crippen MR) is 53.7 cm³/mol. The van der Waals surface area contributed by atoms with E-state index in [0.717, 1.165) is 25.7 Å². The van der Waals surface area contributed by atoms with Crippen molar-refractivity contribution in [2.45, 2.75) is 43.8 Å². The summed E-state index contributed by atoms with van der Waals surface area (Å²) in [6.07, 6.45) is 9.72. The van der Waals surface area contributed by atoms with Crippen molar-refractivity contribution in [3.63, 3.8) is 0 Å². The first-order valence-electron chi connectivity index (χ1n) is 5.13. The molecule has 1 aliphatic carbocycles. The van der Waals surface area contributed by atoms with Gasteiger partial charge in [0.2, 0.25) is 0 Å². The first-order chi connectivity index (χ1) is 6.72. The van der Waals surface area contributed by atoms with Crippen molar-refractivity contribution in [3.8, 4) is 12.3 Å². The second-order valence-corrected chi connectivity index (χ2v) is 3.85. The van der Waals surface area contributed by atoms with Crippen LogP contribution in [0.3, 0.4) is 0 Å². The third kappa shape index (κ3) is 2.98. The molecule has 0 aromatic rings. The van der Waals surface area contributed by atoms with Crippen molar-refractivity contribution in [3.05, 3.63) is 0 Å². The van der Waals surface area contributed by atoms with E-state index >= 15 is 0 Å². The Labute approximate surface area is 85.1 Å². The molecule has 14 heavy (non-hydrogen) atoms. The second-order valence-electron chi connectivity index (χ2n) is 3.85. The zero-order chi connectivity index (χ0) is 10.4. The maximum Gasteiger partial charge on any atom is 0.128 e. The molecule has 1 rings (SSSR count). The lowest BCUT2D eigenvalue weighted by Crippen LogP contribution is -2.36. The molecule has 2 N–H and O–H groups in total. The zero-order valence-electron chi connectivity index (χ0n) is 8.41. The summed E-state index contributed by atoms with van der Waals surface area (Å²) in [7, 11) is 0. The van der Waals surface area contributed by atoms with Crippen LogP contribution in [0, 0.1) is 12.3 Å². The first kappa shape index (κ1) is 11.5. The quantitative estimate of drug-likeness (QED) is 0.653. The number of hydrogen-bond acceptors (Lipinski definition) is 3. The van der Waals surface area contributed by atoms with E-state index in [9.17, 15) is 0 Å². The van der Waals surface area contributed by atoms with Gasteiger partial charge in [0.1, 0.15) is 11.7 Å². The highest BCUT2D eigenvalue weighted by Gasteiger charge is 2.31. The summed E-state index contributed by atoms with van der Waals surface area (Å²) in [6.45, 7) is -0.151. The van der Waals surface area contributed by atoms with Crippen molar-refractivity contribution in [1.82, 2.24) is 0 Å². The molecule has 3 nitrogen and oxygen atoms in total. The highest BCUT2D eigenvalue weighted by Crippen LogP contribution is 2.30. The molecule has 0 bridgehead atoms. The van der Waals surface area contributed by atoms with Gasteiger partial charge in [0.05, 0.1) is 13.2 Å². The van der Waals surface area contributed by atoms with Gasteiger partial charge in [-0.3, -0.25) is 0 Å². The molecule has 0 aromatic carbocycles. The van der Waals surface area contributed by atoms with Gasteiger partial charge in [-0.05, 0) is 25.7 Å². The van der Waals surface area contributed by atoms with Gasteiger partial charge in [0.15, 0.2) is 0 Å². The molecule has 1 atom stereocenters. The lowest BCUT2D eigenvalue weighted by molar-refractivity contribution is -0.0740. The Kier molecular flexibility index (Phi) is 4.40. The molecule has 80 valence electrons.